The van der Waals surface area contributed by atoms with Crippen molar-refractivity contribution in [3.05, 3.63) is 29.6 Å². The van der Waals surface area contributed by atoms with Crippen LogP contribution in [0.1, 0.15) is 27.3 Å². The number of carbonyl (C=O) groups is 2. The minimum atomic E-state index is -3.08. The first kappa shape index (κ1) is 17.8. The first-order chi connectivity index (χ1) is 11.9. The average molecular weight is 367 g/mol. The summed E-state index contributed by atoms with van der Waals surface area (Å²) < 4.78 is 28.5. The molecule has 136 valence electrons. The second-order valence-electron chi connectivity index (χ2n) is 6.31. The predicted octanol–water partition coefficient (Wildman–Crippen LogP) is -0.187. The van der Waals surface area contributed by atoms with Gasteiger partial charge in [0.25, 0.3) is 11.8 Å². The minimum Gasteiger partial charge on any atom is -0.378 e. The third-order valence-corrected chi connectivity index (χ3v) is 6.35. The van der Waals surface area contributed by atoms with E-state index in [2.05, 4.69) is 4.98 Å². The molecule has 2 aliphatic rings. The second kappa shape index (κ2) is 7.09. The zero-order chi connectivity index (χ0) is 18.0. The molecule has 0 spiro atoms. The Hall–Kier alpha value is -2.00. The third-order valence-electron chi connectivity index (χ3n) is 4.60. The normalized spacial score (nSPS) is 22.6. The Morgan fingerprint density at radius 2 is 2.04 bits per heavy atom. The Labute approximate surface area is 146 Å². The fourth-order valence-electron chi connectivity index (χ4n) is 3.06. The molecule has 0 N–H and O–H groups in total. The molecule has 1 unspecified atom stereocenters. The van der Waals surface area contributed by atoms with Crippen molar-refractivity contribution in [3.8, 4) is 0 Å². The van der Waals surface area contributed by atoms with E-state index >= 15 is 0 Å². The lowest BCUT2D eigenvalue weighted by Crippen LogP contribution is -2.41. The van der Waals surface area contributed by atoms with Crippen LogP contribution in [0.3, 0.4) is 0 Å². The molecule has 25 heavy (non-hydrogen) atoms. The quantitative estimate of drug-likeness (QED) is 0.735. The number of sulfone groups is 1. The molecule has 0 saturated carbocycles. The summed E-state index contributed by atoms with van der Waals surface area (Å²) in [6.07, 6.45) is 1.86. The number of morpholine rings is 1. The highest BCUT2D eigenvalue weighted by Gasteiger charge is 2.33. The Balaban J connectivity index is 1.74. The molecule has 3 heterocycles. The number of aromatic nitrogens is 1. The van der Waals surface area contributed by atoms with E-state index in [9.17, 15) is 18.0 Å². The van der Waals surface area contributed by atoms with Crippen molar-refractivity contribution in [2.45, 2.75) is 12.5 Å². The average Bonchev–Trinajstić information content (AvgIpc) is 3.00. The lowest BCUT2D eigenvalue weighted by atomic mass is 10.1. The summed E-state index contributed by atoms with van der Waals surface area (Å²) in [5.41, 5.74) is 0.540. The van der Waals surface area contributed by atoms with E-state index in [1.807, 2.05) is 0 Å². The fourth-order valence-corrected chi connectivity index (χ4v) is 4.83. The maximum atomic E-state index is 12.6. The zero-order valence-corrected chi connectivity index (χ0v) is 14.9. The summed E-state index contributed by atoms with van der Waals surface area (Å²) >= 11 is 0. The number of ether oxygens (including phenoxy) is 1. The Morgan fingerprint density at radius 3 is 2.68 bits per heavy atom. The molecule has 1 aromatic rings. The molecule has 0 aromatic carbocycles. The minimum absolute atomic E-state index is 0.0262. The molecule has 2 amide bonds. The Bertz CT molecular complexity index is 774. The molecule has 2 saturated heterocycles. The summed E-state index contributed by atoms with van der Waals surface area (Å²) in [6, 6.07) is 2.70. The van der Waals surface area contributed by atoms with Gasteiger partial charge < -0.3 is 14.5 Å². The number of pyridine rings is 1. The van der Waals surface area contributed by atoms with E-state index in [4.69, 9.17) is 4.74 Å². The molecule has 2 fully saturated rings. The fraction of sp³-hybridized carbons (Fsp3) is 0.562. The van der Waals surface area contributed by atoms with Crippen LogP contribution in [0.5, 0.6) is 0 Å². The van der Waals surface area contributed by atoms with Crippen molar-refractivity contribution in [2.24, 2.45) is 0 Å². The SMILES string of the molecule is CN(C(=O)c1cc(C(=O)N2CCOCC2)ccn1)C1CCS(=O)(=O)C1. The second-order valence-corrected chi connectivity index (χ2v) is 8.54. The topological polar surface area (TPSA) is 96.9 Å². The van der Waals surface area contributed by atoms with Gasteiger partial charge in [0, 0.05) is 37.9 Å². The molecule has 9 heteroatoms. The maximum Gasteiger partial charge on any atom is 0.272 e. The number of nitrogens with zero attached hydrogens (tertiary/aromatic N) is 3. The predicted molar refractivity (Wildman–Crippen MR) is 90.1 cm³/mol. The molecule has 1 atom stereocenters. The van der Waals surface area contributed by atoms with Gasteiger partial charge in [0.05, 0.1) is 24.7 Å². The molecule has 2 aliphatic heterocycles. The van der Waals surface area contributed by atoms with Gasteiger partial charge in [-0.2, -0.15) is 0 Å². The highest BCUT2D eigenvalue weighted by atomic mass is 32.2. The molecule has 8 nitrogen and oxygen atoms in total. The van der Waals surface area contributed by atoms with Crippen molar-refractivity contribution in [3.63, 3.8) is 0 Å². The highest BCUT2D eigenvalue weighted by Crippen LogP contribution is 2.18. The number of carbonyl (C=O) groups excluding carboxylic acids is 2. The van der Waals surface area contributed by atoms with Gasteiger partial charge >= 0.3 is 0 Å². The van der Waals surface area contributed by atoms with Crippen LogP contribution in [0, 0.1) is 0 Å². The van der Waals surface area contributed by atoms with Crippen LogP contribution in [-0.4, -0.2) is 85.9 Å². The van der Waals surface area contributed by atoms with Crippen molar-refractivity contribution >= 4 is 21.7 Å². The largest absolute Gasteiger partial charge is 0.378 e. The molecular weight excluding hydrogens is 346 g/mol. The van der Waals surface area contributed by atoms with Crippen LogP contribution in [0.4, 0.5) is 0 Å². The van der Waals surface area contributed by atoms with Gasteiger partial charge in [-0.1, -0.05) is 0 Å². The molecule has 0 radical (unpaired) electrons. The summed E-state index contributed by atoms with van der Waals surface area (Å²) in [4.78, 5) is 32.3. The van der Waals surface area contributed by atoms with Gasteiger partial charge in [-0.05, 0) is 18.6 Å². The van der Waals surface area contributed by atoms with Crippen LogP contribution < -0.4 is 0 Å². The number of rotatable bonds is 3. The lowest BCUT2D eigenvalue weighted by molar-refractivity contribution is 0.0303. The summed E-state index contributed by atoms with van der Waals surface area (Å²) in [6.45, 7) is 2.04. The Kier molecular flexibility index (Phi) is 5.05. The molecule has 1 aromatic heterocycles. The van der Waals surface area contributed by atoms with Gasteiger partial charge in [-0.25, -0.2) is 8.42 Å². The summed E-state index contributed by atoms with van der Waals surface area (Å²) in [5.74, 6) is -0.468. The first-order valence-corrected chi connectivity index (χ1v) is 10.0. The van der Waals surface area contributed by atoms with Crippen LogP contribution in [0.25, 0.3) is 0 Å². The highest BCUT2D eigenvalue weighted by molar-refractivity contribution is 7.91. The smallest absolute Gasteiger partial charge is 0.272 e. The van der Waals surface area contributed by atoms with Crippen LogP contribution >= 0.6 is 0 Å². The van der Waals surface area contributed by atoms with Crippen LogP contribution in [0.15, 0.2) is 18.3 Å². The first-order valence-electron chi connectivity index (χ1n) is 8.18. The molecular formula is C16H21N3O5S. The van der Waals surface area contributed by atoms with E-state index in [-0.39, 0.29) is 35.1 Å². The molecule has 3 rings (SSSR count). The third kappa shape index (κ3) is 3.98. The summed E-state index contributed by atoms with van der Waals surface area (Å²) in [5, 5.41) is 0. The van der Waals surface area contributed by atoms with E-state index in [1.54, 1.807) is 18.0 Å². The maximum absolute atomic E-state index is 12.6. The van der Waals surface area contributed by atoms with E-state index < -0.39 is 9.84 Å². The number of hydrogen-bond donors (Lipinski definition) is 0. The zero-order valence-electron chi connectivity index (χ0n) is 14.1. The van der Waals surface area contributed by atoms with Crippen molar-refractivity contribution in [1.82, 2.24) is 14.8 Å². The Morgan fingerprint density at radius 1 is 1.32 bits per heavy atom. The van der Waals surface area contributed by atoms with E-state index in [0.717, 1.165) is 0 Å². The van der Waals surface area contributed by atoms with Gasteiger partial charge in [-0.15, -0.1) is 0 Å². The van der Waals surface area contributed by atoms with Crippen LogP contribution in [0.2, 0.25) is 0 Å². The van der Waals surface area contributed by atoms with Gasteiger partial charge in [0.15, 0.2) is 9.84 Å². The monoisotopic (exact) mass is 367 g/mol. The van der Waals surface area contributed by atoms with Crippen LogP contribution in [-0.2, 0) is 14.6 Å². The number of hydrogen-bond acceptors (Lipinski definition) is 6. The molecule has 0 aliphatic carbocycles. The van der Waals surface area contributed by atoms with Crippen molar-refractivity contribution < 1.29 is 22.7 Å². The standard InChI is InChI=1S/C16H21N3O5S/c1-18(13-3-9-25(22,23)11-13)16(21)14-10-12(2-4-17-14)15(20)19-5-7-24-8-6-19/h2,4,10,13H,3,5-9,11H2,1H3. The van der Waals surface area contributed by atoms with Gasteiger partial charge in [0.1, 0.15) is 5.69 Å². The van der Waals surface area contributed by atoms with E-state index in [0.29, 0.717) is 38.3 Å². The number of amides is 2. The van der Waals surface area contributed by atoms with E-state index in [1.165, 1.54) is 17.2 Å². The lowest BCUT2D eigenvalue weighted by Gasteiger charge is -2.27. The summed E-state index contributed by atoms with van der Waals surface area (Å²) in [7, 11) is -1.50. The van der Waals surface area contributed by atoms with Gasteiger partial charge in [0.2, 0.25) is 0 Å². The van der Waals surface area contributed by atoms with Crippen molar-refractivity contribution in [2.75, 3.05) is 44.9 Å². The van der Waals surface area contributed by atoms with Gasteiger partial charge in [-0.3, -0.25) is 14.6 Å². The van der Waals surface area contributed by atoms with Crippen molar-refractivity contribution in [1.29, 1.82) is 0 Å². The molecule has 0 bridgehead atoms.